The van der Waals surface area contributed by atoms with Crippen LogP contribution in [0.1, 0.15) is 32.4 Å². The van der Waals surface area contributed by atoms with Crippen LogP contribution in [0.4, 0.5) is 10.5 Å². The number of aliphatic carboxylic acids is 1. The van der Waals surface area contributed by atoms with Gasteiger partial charge in [0.15, 0.2) is 0 Å². The van der Waals surface area contributed by atoms with E-state index in [-0.39, 0.29) is 17.0 Å². The molecule has 1 aromatic carbocycles. The number of phenolic OH excluding ortho intramolecular Hbond substituents is 1. The predicted octanol–water partition coefficient (Wildman–Crippen LogP) is 1.82. The van der Waals surface area contributed by atoms with Crippen LogP contribution in [-0.4, -0.2) is 27.9 Å². The summed E-state index contributed by atoms with van der Waals surface area (Å²) in [6.07, 6.45) is -0.682. The third-order valence-electron chi connectivity index (χ3n) is 2.27. The molecule has 0 heterocycles. The largest absolute Gasteiger partial charge is 0.508 e. The summed E-state index contributed by atoms with van der Waals surface area (Å²) in [6.45, 7) is 5.15. The Bertz CT molecular complexity index is 522. The van der Waals surface area contributed by atoms with E-state index in [2.05, 4.69) is 5.32 Å². The van der Waals surface area contributed by atoms with Crippen molar-refractivity contribution >= 4 is 17.7 Å². The number of hydrogen-bond acceptors (Lipinski definition) is 5. The second-order valence-electron chi connectivity index (χ2n) is 5.22. The van der Waals surface area contributed by atoms with Gasteiger partial charge in [0.05, 0.1) is 0 Å². The maximum atomic E-state index is 11.6. The van der Waals surface area contributed by atoms with Crippen LogP contribution in [-0.2, 0) is 9.53 Å². The first-order valence-corrected chi connectivity index (χ1v) is 5.91. The molecule has 0 aliphatic rings. The number of carbonyl (C=O) groups is 2. The summed E-state index contributed by atoms with van der Waals surface area (Å²) in [5.74, 6) is -1.54. The Morgan fingerprint density at radius 1 is 1.35 bits per heavy atom. The minimum absolute atomic E-state index is 0.00561. The number of nitrogens with one attached hydrogen (secondary N) is 1. The lowest BCUT2D eigenvalue weighted by atomic mass is 10.1. The highest BCUT2D eigenvalue weighted by Gasteiger charge is 2.20. The Morgan fingerprint density at radius 2 is 1.95 bits per heavy atom. The van der Waals surface area contributed by atoms with Crippen molar-refractivity contribution in [2.75, 3.05) is 5.32 Å². The molecule has 1 amide bonds. The number of phenols is 1. The van der Waals surface area contributed by atoms with Gasteiger partial charge in [-0.2, -0.15) is 0 Å². The lowest BCUT2D eigenvalue weighted by molar-refractivity contribution is -0.138. The molecule has 20 heavy (non-hydrogen) atoms. The van der Waals surface area contributed by atoms with Gasteiger partial charge in [0, 0.05) is 11.3 Å². The molecule has 0 aliphatic carbocycles. The van der Waals surface area contributed by atoms with Gasteiger partial charge >= 0.3 is 12.1 Å². The molecule has 0 bridgehead atoms. The van der Waals surface area contributed by atoms with Crippen molar-refractivity contribution < 1.29 is 24.5 Å². The molecule has 0 radical (unpaired) electrons. The molecule has 1 rings (SSSR count). The molecular weight excluding hydrogens is 264 g/mol. The SMILES string of the molecule is CC(C)(C)OC(=O)Nc1ccc(O)c(C(N)C(=O)O)c1. The number of carboxylic acid groups (broad SMARTS) is 1. The summed E-state index contributed by atoms with van der Waals surface area (Å²) in [5, 5.41) is 20.9. The maximum absolute atomic E-state index is 11.6. The topological polar surface area (TPSA) is 122 Å². The van der Waals surface area contributed by atoms with Crippen LogP contribution >= 0.6 is 0 Å². The number of carbonyl (C=O) groups excluding carboxylic acids is 1. The van der Waals surface area contributed by atoms with Crippen molar-refractivity contribution in [2.24, 2.45) is 5.73 Å². The Labute approximate surface area is 116 Å². The van der Waals surface area contributed by atoms with E-state index in [0.29, 0.717) is 0 Å². The average Bonchev–Trinajstić information content (AvgIpc) is 2.28. The highest BCUT2D eigenvalue weighted by Crippen LogP contribution is 2.26. The van der Waals surface area contributed by atoms with Crippen LogP contribution in [0.15, 0.2) is 18.2 Å². The molecule has 0 aromatic heterocycles. The Balaban J connectivity index is 2.91. The fourth-order valence-corrected chi connectivity index (χ4v) is 1.44. The summed E-state index contributed by atoms with van der Waals surface area (Å²) in [7, 11) is 0. The van der Waals surface area contributed by atoms with Crippen LogP contribution in [0.3, 0.4) is 0 Å². The van der Waals surface area contributed by atoms with E-state index in [1.807, 2.05) is 0 Å². The van der Waals surface area contributed by atoms with Crippen molar-refractivity contribution in [3.05, 3.63) is 23.8 Å². The first-order chi connectivity index (χ1) is 9.10. The highest BCUT2D eigenvalue weighted by atomic mass is 16.6. The Morgan fingerprint density at radius 3 is 2.45 bits per heavy atom. The normalized spacial score (nSPS) is 12.6. The van der Waals surface area contributed by atoms with Crippen molar-refractivity contribution in [3.8, 4) is 5.75 Å². The fourth-order valence-electron chi connectivity index (χ4n) is 1.44. The van der Waals surface area contributed by atoms with Crippen LogP contribution in [0.2, 0.25) is 0 Å². The highest BCUT2D eigenvalue weighted by molar-refractivity contribution is 5.86. The van der Waals surface area contributed by atoms with Crippen LogP contribution in [0.5, 0.6) is 5.75 Å². The van der Waals surface area contributed by atoms with Gasteiger partial charge in [-0.1, -0.05) is 0 Å². The monoisotopic (exact) mass is 282 g/mol. The Kier molecular flexibility index (Phi) is 4.57. The zero-order chi connectivity index (χ0) is 15.5. The fraction of sp³-hybridized carbons (Fsp3) is 0.385. The zero-order valence-corrected chi connectivity index (χ0v) is 11.5. The van der Waals surface area contributed by atoms with E-state index >= 15 is 0 Å². The van der Waals surface area contributed by atoms with E-state index in [9.17, 15) is 14.7 Å². The molecule has 1 unspecified atom stereocenters. The minimum atomic E-state index is -1.38. The molecule has 0 saturated heterocycles. The summed E-state index contributed by atoms with van der Waals surface area (Å²) < 4.78 is 5.06. The van der Waals surface area contributed by atoms with E-state index < -0.39 is 23.7 Å². The summed E-state index contributed by atoms with van der Waals surface area (Å²) in [4.78, 5) is 22.4. The first kappa shape index (κ1) is 15.8. The molecular formula is C13H18N2O5. The third-order valence-corrected chi connectivity index (χ3v) is 2.27. The van der Waals surface area contributed by atoms with E-state index in [1.54, 1.807) is 20.8 Å². The molecule has 7 heteroatoms. The number of benzene rings is 1. The van der Waals surface area contributed by atoms with Crippen molar-refractivity contribution in [1.29, 1.82) is 0 Å². The number of hydrogen-bond donors (Lipinski definition) is 4. The number of rotatable bonds is 3. The van der Waals surface area contributed by atoms with E-state index in [0.717, 1.165) is 0 Å². The molecule has 0 aliphatic heterocycles. The van der Waals surface area contributed by atoms with Gasteiger partial charge in [0.25, 0.3) is 0 Å². The van der Waals surface area contributed by atoms with Crippen LogP contribution in [0, 0.1) is 0 Å². The third kappa shape index (κ3) is 4.43. The number of nitrogens with two attached hydrogens (primary N) is 1. The van der Waals surface area contributed by atoms with Crippen molar-refractivity contribution in [1.82, 2.24) is 0 Å². The minimum Gasteiger partial charge on any atom is -0.508 e. The molecule has 0 saturated carbocycles. The predicted molar refractivity (Wildman–Crippen MR) is 72.5 cm³/mol. The number of anilines is 1. The summed E-state index contributed by atoms with van der Waals surface area (Å²) >= 11 is 0. The number of carboxylic acids is 1. The molecule has 110 valence electrons. The summed E-state index contributed by atoms with van der Waals surface area (Å²) in [6, 6.07) is 2.58. The maximum Gasteiger partial charge on any atom is 0.412 e. The molecule has 7 nitrogen and oxygen atoms in total. The van der Waals surface area contributed by atoms with Gasteiger partial charge in [0.1, 0.15) is 17.4 Å². The van der Waals surface area contributed by atoms with Crippen molar-refractivity contribution in [2.45, 2.75) is 32.4 Å². The Hall–Kier alpha value is -2.28. The quantitative estimate of drug-likeness (QED) is 0.627. The second-order valence-corrected chi connectivity index (χ2v) is 5.22. The molecule has 0 fully saturated rings. The molecule has 1 atom stereocenters. The van der Waals surface area contributed by atoms with E-state index in [1.165, 1.54) is 18.2 Å². The second kappa shape index (κ2) is 5.79. The lowest BCUT2D eigenvalue weighted by Gasteiger charge is -2.20. The molecule has 1 aromatic rings. The number of amides is 1. The van der Waals surface area contributed by atoms with Gasteiger partial charge in [-0.25, -0.2) is 4.79 Å². The number of aromatic hydroxyl groups is 1. The van der Waals surface area contributed by atoms with Gasteiger partial charge in [-0.05, 0) is 39.0 Å². The van der Waals surface area contributed by atoms with Crippen molar-refractivity contribution in [3.63, 3.8) is 0 Å². The van der Waals surface area contributed by atoms with Gasteiger partial charge < -0.3 is 20.7 Å². The van der Waals surface area contributed by atoms with Crippen LogP contribution < -0.4 is 11.1 Å². The first-order valence-electron chi connectivity index (χ1n) is 5.91. The average molecular weight is 282 g/mol. The van der Waals surface area contributed by atoms with Gasteiger partial charge in [-0.3, -0.25) is 10.1 Å². The smallest absolute Gasteiger partial charge is 0.412 e. The molecule has 5 N–H and O–H groups in total. The number of ether oxygens (including phenoxy) is 1. The standard InChI is InChI=1S/C13H18N2O5/c1-13(2,3)20-12(19)15-7-4-5-9(16)8(6-7)10(14)11(17)18/h4-6,10,16H,14H2,1-3H3,(H,15,19)(H,17,18). The summed E-state index contributed by atoms with van der Waals surface area (Å²) in [5.41, 5.74) is 5.07. The zero-order valence-electron chi connectivity index (χ0n) is 11.5. The van der Waals surface area contributed by atoms with E-state index in [4.69, 9.17) is 15.6 Å². The van der Waals surface area contributed by atoms with Gasteiger partial charge in [0.2, 0.25) is 0 Å². The lowest BCUT2D eigenvalue weighted by Crippen LogP contribution is -2.27. The van der Waals surface area contributed by atoms with Crippen LogP contribution in [0.25, 0.3) is 0 Å². The molecule has 0 spiro atoms. The van der Waals surface area contributed by atoms with Gasteiger partial charge in [-0.15, -0.1) is 0 Å².